The molecule has 3 aromatic rings. The molecular weight excluding hydrogens is 381 g/mol. The Balaban J connectivity index is 1.52. The van der Waals surface area contributed by atoms with Crippen LogP contribution in [0.1, 0.15) is 22.8 Å². The van der Waals surface area contributed by atoms with Gasteiger partial charge in [0.15, 0.2) is 0 Å². The Morgan fingerprint density at radius 1 is 0.833 bits per heavy atom. The lowest BCUT2D eigenvalue weighted by Gasteiger charge is -2.13. The molecule has 0 fully saturated rings. The number of benzene rings is 3. The first-order valence-corrected chi connectivity index (χ1v) is 9.47. The van der Waals surface area contributed by atoms with Crippen molar-refractivity contribution in [3.05, 3.63) is 102 Å². The van der Waals surface area contributed by atoms with E-state index in [1.807, 2.05) is 67.6 Å². The molecule has 30 heavy (non-hydrogen) atoms. The van der Waals surface area contributed by atoms with Gasteiger partial charge in [-0.2, -0.15) is 0 Å². The third-order valence-corrected chi connectivity index (χ3v) is 4.42. The summed E-state index contributed by atoms with van der Waals surface area (Å²) in [5.74, 6) is -1.46. The highest BCUT2D eigenvalue weighted by Crippen LogP contribution is 2.21. The smallest absolute Gasteiger partial charge is 0.257 e. The zero-order chi connectivity index (χ0) is 21.3. The maximum absolute atomic E-state index is 13.2. The largest absolute Gasteiger partial charge is 0.343 e. The van der Waals surface area contributed by atoms with Gasteiger partial charge in [-0.25, -0.2) is 4.39 Å². The van der Waals surface area contributed by atoms with Crippen LogP contribution in [0.25, 0.3) is 16.8 Å². The molecule has 0 aliphatic carbocycles. The summed E-state index contributed by atoms with van der Waals surface area (Å²) < 4.78 is 13.2. The normalized spacial score (nSPS) is 10.9. The van der Waals surface area contributed by atoms with Gasteiger partial charge in [-0.05, 0) is 41.8 Å². The van der Waals surface area contributed by atoms with Crippen LogP contribution < -0.4 is 16.2 Å². The Kier molecular flexibility index (Phi) is 6.95. The van der Waals surface area contributed by atoms with Crippen LogP contribution in [-0.4, -0.2) is 18.4 Å². The van der Waals surface area contributed by atoms with Crippen molar-refractivity contribution in [2.75, 3.05) is 6.54 Å². The van der Waals surface area contributed by atoms with E-state index in [2.05, 4.69) is 16.2 Å². The summed E-state index contributed by atoms with van der Waals surface area (Å²) in [5, 5.41) is 2.46. The molecule has 0 bridgehead atoms. The fraction of sp³-hybridized carbons (Fsp3) is 0.0833. The van der Waals surface area contributed by atoms with Crippen LogP contribution >= 0.6 is 0 Å². The molecule has 3 rings (SSSR count). The maximum Gasteiger partial charge on any atom is 0.257 e. The van der Waals surface area contributed by atoms with Gasteiger partial charge in [-0.3, -0.25) is 20.4 Å². The number of halogens is 1. The zero-order valence-electron chi connectivity index (χ0n) is 16.5. The molecule has 152 valence electrons. The Hall–Kier alpha value is -3.93. The van der Waals surface area contributed by atoms with Crippen molar-refractivity contribution in [3.63, 3.8) is 0 Å². The van der Waals surface area contributed by atoms with E-state index in [0.29, 0.717) is 0 Å². The molecule has 0 aliphatic rings. The molecule has 6 heteroatoms. The highest BCUT2D eigenvalue weighted by atomic mass is 19.1. The van der Waals surface area contributed by atoms with Gasteiger partial charge in [-0.15, -0.1) is 0 Å². The predicted molar refractivity (Wildman–Crippen MR) is 116 cm³/mol. The minimum absolute atomic E-state index is 0.156. The maximum atomic E-state index is 13.2. The van der Waals surface area contributed by atoms with Crippen LogP contribution in [0.2, 0.25) is 0 Å². The molecule has 3 N–H and O–H groups in total. The molecule has 3 aromatic carbocycles. The van der Waals surface area contributed by atoms with Crippen molar-refractivity contribution in [3.8, 4) is 11.1 Å². The monoisotopic (exact) mass is 403 g/mol. The van der Waals surface area contributed by atoms with Gasteiger partial charge < -0.3 is 5.32 Å². The fourth-order valence-electron chi connectivity index (χ4n) is 2.86. The van der Waals surface area contributed by atoms with Gasteiger partial charge in [0.1, 0.15) is 5.82 Å². The summed E-state index contributed by atoms with van der Waals surface area (Å²) in [5.41, 5.74) is 9.42. The first-order chi connectivity index (χ1) is 14.6. The molecule has 0 radical (unpaired) electrons. The number of amides is 2. The van der Waals surface area contributed by atoms with Gasteiger partial charge in [0.05, 0.1) is 12.2 Å². The van der Waals surface area contributed by atoms with Crippen LogP contribution in [0.15, 0.2) is 84.9 Å². The van der Waals surface area contributed by atoms with E-state index in [9.17, 15) is 14.0 Å². The minimum Gasteiger partial charge on any atom is -0.343 e. The fourth-order valence-corrected chi connectivity index (χ4v) is 2.86. The molecule has 0 heterocycles. The topological polar surface area (TPSA) is 70.2 Å². The third-order valence-electron chi connectivity index (χ3n) is 4.42. The second kappa shape index (κ2) is 10.0. The molecule has 0 spiro atoms. The minimum atomic E-state index is -0.521. The molecule has 0 saturated heterocycles. The lowest BCUT2D eigenvalue weighted by Crippen LogP contribution is -2.43. The number of allylic oxidation sites excluding steroid dienone is 1. The van der Waals surface area contributed by atoms with Gasteiger partial charge >= 0.3 is 0 Å². The van der Waals surface area contributed by atoms with Crippen LogP contribution in [0.5, 0.6) is 0 Å². The summed E-state index contributed by atoms with van der Waals surface area (Å²) in [4.78, 5) is 24.0. The predicted octanol–water partition coefficient (Wildman–Crippen LogP) is 3.90. The number of hydrogen-bond donors (Lipinski definition) is 3. The second-order valence-corrected chi connectivity index (χ2v) is 6.51. The number of carbonyl (C=O) groups excluding carboxylic acids is 2. The lowest BCUT2D eigenvalue weighted by atomic mass is 10.0. The highest BCUT2D eigenvalue weighted by molar-refractivity contribution is 5.96. The average Bonchev–Trinajstić information content (AvgIpc) is 2.79. The molecule has 0 saturated carbocycles. The van der Waals surface area contributed by atoms with Crippen molar-refractivity contribution < 1.29 is 14.0 Å². The molecular formula is C24H22FN3O2. The van der Waals surface area contributed by atoms with Crippen molar-refractivity contribution in [2.45, 2.75) is 6.92 Å². The van der Waals surface area contributed by atoms with Crippen LogP contribution in [0.3, 0.4) is 0 Å². The molecule has 2 amide bonds. The lowest BCUT2D eigenvalue weighted by molar-refractivity contribution is -0.120. The van der Waals surface area contributed by atoms with Crippen molar-refractivity contribution in [2.24, 2.45) is 0 Å². The number of hydrazine groups is 1. The van der Waals surface area contributed by atoms with E-state index in [4.69, 9.17) is 0 Å². The molecule has 5 nitrogen and oxygen atoms in total. The second-order valence-electron chi connectivity index (χ2n) is 6.51. The zero-order valence-corrected chi connectivity index (χ0v) is 16.5. The standard InChI is InChI=1S/C24H22FN3O2/c1-2-22(19-13-11-18(12-14-19)17-7-4-3-5-8-17)27-28-23(29)16-26-24(30)20-9-6-10-21(25)15-20/h2-15,27H,16H2,1H3,(H,26,30)(H,28,29). The Bertz CT molecular complexity index is 1050. The number of nitrogens with one attached hydrogen (secondary N) is 3. The molecule has 0 aromatic heterocycles. The highest BCUT2D eigenvalue weighted by Gasteiger charge is 2.09. The van der Waals surface area contributed by atoms with Crippen LogP contribution in [-0.2, 0) is 4.79 Å². The van der Waals surface area contributed by atoms with Gasteiger partial charge in [-0.1, -0.05) is 66.7 Å². The van der Waals surface area contributed by atoms with Crippen LogP contribution in [0, 0.1) is 5.82 Å². The van der Waals surface area contributed by atoms with E-state index in [-0.39, 0.29) is 12.1 Å². The summed E-state index contributed by atoms with van der Waals surface area (Å²) in [6, 6.07) is 23.3. The Morgan fingerprint density at radius 3 is 2.20 bits per heavy atom. The van der Waals surface area contributed by atoms with Crippen LogP contribution in [0.4, 0.5) is 4.39 Å². The third kappa shape index (κ3) is 5.54. The quantitative estimate of drug-likeness (QED) is 0.524. The summed E-state index contributed by atoms with van der Waals surface area (Å²) in [6.07, 6.45) is 1.84. The number of hydrogen-bond acceptors (Lipinski definition) is 3. The summed E-state index contributed by atoms with van der Waals surface area (Å²) in [7, 11) is 0. The Morgan fingerprint density at radius 2 is 1.53 bits per heavy atom. The first-order valence-electron chi connectivity index (χ1n) is 9.47. The van der Waals surface area contributed by atoms with Gasteiger partial charge in [0.25, 0.3) is 11.8 Å². The number of rotatable bonds is 7. The molecule has 0 unspecified atom stereocenters. The van der Waals surface area contributed by atoms with Gasteiger partial charge in [0, 0.05) is 5.56 Å². The molecule has 0 aliphatic heterocycles. The van der Waals surface area contributed by atoms with Gasteiger partial charge in [0.2, 0.25) is 0 Å². The first kappa shape index (κ1) is 20.8. The van der Waals surface area contributed by atoms with E-state index in [0.717, 1.165) is 28.5 Å². The molecule has 0 atom stereocenters. The SMILES string of the molecule is CC=C(NNC(=O)CNC(=O)c1cccc(F)c1)c1ccc(-c2ccccc2)cc1. The van der Waals surface area contributed by atoms with Crippen molar-refractivity contribution in [1.82, 2.24) is 16.2 Å². The van der Waals surface area contributed by atoms with E-state index in [1.165, 1.54) is 18.2 Å². The van der Waals surface area contributed by atoms with Crippen molar-refractivity contribution in [1.29, 1.82) is 0 Å². The van der Waals surface area contributed by atoms with E-state index < -0.39 is 17.6 Å². The average molecular weight is 403 g/mol. The summed E-state index contributed by atoms with van der Waals surface area (Å²) >= 11 is 0. The summed E-state index contributed by atoms with van der Waals surface area (Å²) in [6.45, 7) is 1.61. The van der Waals surface area contributed by atoms with Crippen molar-refractivity contribution >= 4 is 17.5 Å². The van der Waals surface area contributed by atoms with E-state index in [1.54, 1.807) is 0 Å². The number of carbonyl (C=O) groups is 2. The van der Waals surface area contributed by atoms with E-state index >= 15 is 0 Å². The Labute approximate surface area is 174 Å².